The molecular weight excluding hydrogens is 228 g/mol. The van der Waals surface area contributed by atoms with Gasteiger partial charge in [-0.15, -0.1) is 0 Å². The van der Waals surface area contributed by atoms with Gasteiger partial charge in [0.15, 0.2) is 0 Å². The molecule has 1 aromatic carbocycles. The minimum atomic E-state index is -0.340. The number of unbranched alkanes of at least 4 members (excludes halogenated alkanes) is 3. The standard InChI is InChI=1S/C14H18N2O2/c1-2-3-4-5-6-11-10-15-14-8-7-12(16(17)18)9-13(11)14/h7-10,15H,2-6H2,1H3. The van der Waals surface area contributed by atoms with Gasteiger partial charge < -0.3 is 4.98 Å². The largest absolute Gasteiger partial charge is 0.361 e. The highest BCUT2D eigenvalue weighted by molar-refractivity contribution is 5.85. The van der Waals surface area contributed by atoms with Crippen LogP contribution in [0.25, 0.3) is 10.9 Å². The van der Waals surface area contributed by atoms with Crippen LogP contribution in [-0.2, 0) is 6.42 Å². The molecule has 0 bridgehead atoms. The Bertz CT molecular complexity index is 546. The molecule has 2 rings (SSSR count). The zero-order valence-electron chi connectivity index (χ0n) is 10.6. The third-order valence-electron chi connectivity index (χ3n) is 3.26. The lowest BCUT2D eigenvalue weighted by Crippen LogP contribution is -1.88. The topological polar surface area (TPSA) is 58.9 Å². The number of nitrogens with one attached hydrogen (secondary N) is 1. The smallest absolute Gasteiger partial charge is 0.270 e. The number of aryl methyl sites for hydroxylation is 1. The summed E-state index contributed by atoms with van der Waals surface area (Å²) in [7, 11) is 0. The van der Waals surface area contributed by atoms with Crippen molar-refractivity contribution in [1.29, 1.82) is 0 Å². The molecule has 0 aliphatic rings. The minimum absolute atomic E-state index is 0.164. The maximum absolute atomic E-state index is 10.8. The number of non-ortho nitro benzene ring substituents is 1. The van der Waals surface area contributed by atoms with Gasteiger partial charge in [0, 0.05) is 29.2 Å². The number of hydrogen-bond donors (Lipinski definition) is 1. The van der Waals surface area contributed by atoms with E-state index in [4.69, 9.17) is 0 Å². The Kier molecular flexibility index (Phi) is 3.97. The van der Waals surface area contributed by atoms with Crippen LogP contribution in [-0.4, -0.2) is 9.91 Å². The van der Waals surface area contributed by atoms with Crippen LogP contribution in [0.3, 0.4) is 0 Å². The third kappa shape index (κ3) is 2.70. The molecule has 1 heterocycles. The second kappa shape index (κ2) is 5.67. The first-order chi connectivity index (χ1) is 8.72. The zero-order chi connectivity index (χ0) is 13.0. The number of H-pyrrole nitrogens is 1. The van der Waals surface area contributed by atoms with Gasteiger partial charge in [-0.3, -0.25) is 10.1 Å². The molecule has 0 atom stereocenters. The summed E-state index contributed by atoms with van der Waals surface area (Å²) in [6.07, 6.45) is 7.80. The summed E-state index contributed by atoms with van der Waals surface area (Å²) in [5.41, 5.74) is 2.33. The lowest BCUT2D eigenvalue weighted by atomic mass is 10.1. The van der Waals surface area contributed by atoms with Crippen LogP contribution < -0.4 is 0 Å². The maximum Gasteiger partial charge on any atom is 0.270 e. The molecule has 2 aromatic rings. The van der Waals surface area contributed by atoms with Crippen LogP contribution in [0.15, 0.2) is 24.4 Å². The Morgan fingerprint density at radius 2 is 2.11 bits per heavy atom. The minimum Gasteiger partial charge on any atom is -0.361 e. The van der Waals surface area contributed by atoms with Crippen LogP contribution in [0.5, 0.6) is 0 Å². The van der Waals surface area contributed by atoms with Gasteiger partial charge in [-0.2, -0.15) is 0 Å². The molecule has 96 valence electrons. The predicted octanol–water partition coefficient (Wildman–Crippen LogP) is 4.20. The molecule has 1 aromatic heterocycles. The number of nitro benzene ring substituents is 1. The molecule has 0 saturated heterocycles. The first kappa shape index (κ1) is 12.6. The van der Waals surface area contributed by atoms with Crippen molar-refractivity contribution < 1.29 is 4.92 Å². The normalized spacial score (nSPS) is 10.9. The number of hydrogen-bond acceptors (Lipinski definition) is 2. The van der Waals surface area contributed by atoms with E-state index in [0.29, 0.717) is 0 Å². The summed E-state index contributed by atoms with van der Waals surface area (Å²) >= 11 is 0. The summed E-state index contributed by atoms with van der Waals surface area (Å²) in [6, 6.07) is 4.99. The first-order valence-electron chi connectivity index (χ1n) is 6.46. The van der Waals surface area contributed by atoms with Crippen molar-refractivity contribution in [2.45, 2.75) is 39.0 Å². The maximum atomic E-state index is 10.8. The number of aromatic amines is 1. The Hall–Kier alpha value is -1.84. The molecule has 0 unspecified atom stereocenters. The predicted molar refractivity (Wildman–Crippen MR) is 72.8 cm³/mol. The molecule has 0 amide bonds. The van der Waals surface area contributed by atoms with Crippen LogP contribution in [0.4, 0.5) is 5.69 Å². The second-order valence-corrected chi connectivity index (χ2v) is 4.61. The molecule has 0 aliphatic heterocycles. The average molecular weight is 246 g/mol. The monoisotopic (exact) mass is 246 g/mol. The van der Waals surface area contributed by atoms with E-state index in [2.05, 4.69) is 11.9 Å². The summed E-state index contributed by atoms with van der Waals surface area (Å²) in [4.78, 5) is 13.6. The third-order valence-corrected chi connectivity index (χ3v) is 3.26. The van der Waals surface area contributed by atoms with Gasteiger partial charge in [0.25, 0.3) is 5.69 Å². The molecule has 1 N–H and O–H groups in total. The molecule has 4 heteroatoms. The molecule has 0 radical (unpaired) electrons. The number of fused-ring (bicyclic) bond motifs is 1. The fraction of sp³-hybridized carbons (Fsp3) is 0.429. The summed E-state index contributed by atoms with van der Waals surface area (Å²) < 4.78 is 0. The van der Waals surface area contributed by atoms with Gasteiger partial charge in [0.1, 0.15) is 0 Å². The van der Waals surface area contributed by atoms with Gasteiger partial charge in [-0.1, -0.05) is 26.2 Å². The van der Waals surface area contributed by atoms with Crippen molar-refractivity contribution >= 4 is 16.6 Å². The lowest BCUT2D eigenvalue weighted by Gasteiger charge is -1.99. The Balaban J connectivity index is 2.17. The summed E-state index contributed by atoms with van der Waals surface area (Å²) in [5.74, 6) is 0. The van der Waals surface area contributed by atoms with Crippen LogP contribution in [0, 0.1) is 10.1 Å². The molecular formula is C14H18N2O2. The first-order valence-corrected chi connectivity index (χ1v) is 6.46. The number of rotatable bonds is 6. The van der Waals surface area contributed by atoms with Crippen LogP contribution in [0.1, 0.15) is 38.2 Å². The van der Waals surface area contributed by atoms with Crippen molar-refractivity contribution in [2.24, 2.45) is 0 Å². The van der Waals surface area contributed by atoms with Crippen molar-refractivity contribution in [3.63, 3.8) is 0 Å². The van der Waals surface area contributed by atoms with Crippen LogP contribution >= 0.6 is 0 Å². The fourth-order valence-corrected chi connectivity index (χ4v) is 2.23. The second-order valence-electron chi connectivity index (χ2n) is 4.61. The summed E-state index contributed by atoms with van der Waals surface area (Å²) in [5, 5.41) is 11.8. The highest BCUT2D eigenvalue weighted by Gasteiger charge is 2.10. The SMILES string of the molecule is CCCCCCc1c[nH]c2ccc([N+](=O)[O-])cc12. The van der Waals surface area contributed by atoms with Gasteiger partial charge >= 0.3 is 0 Å². The highest BCUT2D eigenvalue weighted by Crippen LogP contribution is 2.24. The Morgan fingerprint density at radius 3 is 2.83 bits per heavy atom. The number of nitro groups is 1. The molecule has 0 spiro atoms. The Morgan fingerprint density at radius 1 is 1.28 bits per heavy atom. The van der Waals surface area contributed by atoms with E-state index in [9.17, 15) is 10.1 Å². The van der Waals surface area contributed by atoms with Crippen molar-refractivity contribution in [2.75, 3.05) is 0 Å². The number of nitrogens with zero attached hydrogens (tertiary/aromatic N) is 1. The van der Waals surface area contributed by atoms with E-state index in [-0.39, 0.29) is 10.6 Å². The van der Waals surface area contributed by atoms with Gasteiger partial charge in [-0.25, -0.2) is 0 Å². The molecule has 0 aliphatic carbocycles. The average Bonchev–Trinajstić information content (AvgIpc) is 2.77. The van der Waals surface area contributed by atoms with E-state index < -0.39 is 0 Å². The van der Waals surface area contributed by atoms with Crippen LogP contribution in [0.2, 0.25) is 0 Å². The Labute approximate surface area is 106 Å². The van der Waals surface area contributed by atoms with E-state index >= 15 is 0 Å². The van der Waals surface area contributed by atoms with E-state index in [1.54, 1.807) is 18.2 Å². The number of benzene rings is 1. The van der Waals surface area contributed by atoms with Crippen molar-refractivity contribution in [3.05, 3.63) is 40.1 Å². The quantitative estimate of drug-likeness (QED) is 0.471. The number of aromatic nitrogens is 1. The fourth-order valence-electron chi connectivity index (χ4n) is 2.23. The summed E-state index contributed by atoms with van der Waals surface area (Å²) in [6.45, 7) is 2.19. The lowest BCUT2D eigenvalue weighted by molar-refractivity contribution is -0.384. The van der Waals surface area contributed by atoms with Gasteiger partial charge in [0.2, 0.25) is 0 Å². The van der Waals surface area contributed by atoms with Crippen molar-refractivity contribution in [3.8, 4) is 0 Å². The molecule has 4 nitrogen and oxygen atoms in total. The molecule has 18 heavy (non-hydrogen) atoms. The van der Waals surface area contributed by atoms with E-state index in [0.717, 1.165) is 23.7 Å². The molecule has 0 fully saturated rings. The van der Waals surface area contributed by atoms with Gasteiger partial charge in [0.05, 0.1) is 4.92 Å². The zero-order valence-corrected chi connectivity index (χ0v) is 10.6. The highest BCUT2D eigenvalue weighted by atomic mass is 16.6. The van der Waals surface area contributed by atoms with E-state index in [1.807, 2.05) is 6.20 Å². The van der Waals surface area contributed by atoms with E-state index in [1.165, 1.54) is 24.8 Å². The van der Waals surface area contributed by atoms with Crippen molar-refractivity contribution in [1.82, 2.24) is 4.98 Å². The molecule has 0 saturated carbocycles. The van der Waals surface area contributed by atoms with Gasteiger partial charge in [-0.05, 0) is 24.5 Å².